The van der Waals surface area contributed by atoms with Crippen molar-refractivity contribution in [3.63, 3.8) is 0 Å². The molecule has 2 heterocycles. The Morgan fingerprint density at radius 3 is 2.83 bits per heavy atom. The quantitative estimate of drug-likeness (QED) is 0.619. The molecule has 1 aromatic heterocycles. The fourth-order valence-electron chi connectivity index (χ4n) is 2.87. The van der Waals surface area contributed by atoms with Crippen LogP contribution in [0.3, 0.4) is 0 Å². The largest absolute Gasteiger partial charge is 0.284 e. The number of hydrogen-bond acceptors (Lipinski definition) is 5. The highest BCUT2D eigenvalue weighted by molar-refractivity contribution is 8.25. The van der Waals surface area contributed by atoms with Gasteiger partial charge in [-0.15, -0.1) is 10.8 Å². The van der Waals surface area contributed by atoms with Crippen molar-refractivity contribution in [2.24, 2.45) is 0 Å². The number of nitrogens with one attached hydrogen (secondary N) is 1. The lowest BCUT2D eigenvalue weighted by atomic mass is 9.98. The normalized spacial score (nSPS) is 16.4. The summed E-state index contributed by atoms with van der Waals surface area (Å²) < 4.78 is 22.3. The molecule has 0 bridgehead atoms. The lowest BCUT2D eigenvalue weighted by Crippen LogP contribution is -2.01. The molecule has 3 N–H and O–H groups in total. The number of rotatable bonds is 1. The van der Waals surface area contributed by atoms with Crippen LogP contribution in [0.1, 0.15) is 11.1 Å². The topological polar surface area (TPSA) is 89.2 Å². The Morgan fingerprint density at radius 2 is 2.00 bits per heavy atom. The average molecular weight is 323 g/mol. The Hall–Kier alpha value is -2.59. The van der Waals surface area contributed by atoms with E-state index in [4.69, 9.17) is 5.26 Å². The van der Waals surface area contributed by atoms with Gasteiger partial charge in [-0.2, -0.15) is 5.26 Å². The standard InChI is InChI=1S/C17H13N3O2S/c18-7-11-1-2-13-8-19-9-16(15(13)5-11)12-3-4-17-14(6-12)10-23(21,22)20-17/h1-6,8-9,20-22H,10H2. The van der Waals surface area contributed by atoms with Crippen LogP contribution in [0.4, 0.5) is 5.69 Å². The minimum atomic E-state index is -2.77. The minimum absolute atomic E-state index is 0.206. The van der Waals surface area contributed by atoms with Crippen molar-refractivity contribution >= 4 is 27.2 Å². The van der Waals surface area contributed by atoms with Gasteiger partial charge in [0.15, 0.2) is 0 Å². The third kappa shape index (κ3) is 2.41. The Kier molecular flexibility index (Phi) is 3.03. The summed E-state index contributed by atoms with van der Waals surface area (Å²) in [6.45, 7) is 0. The maximum atomic E-state index is 9.80. The zero-order chi connectivity index (χ0) is 16.0. The molecule has 0 fully saturated rings. The molecule has 2 aromatic carbocycles. The van der Waals surface area contributed by atoms with Gasteiger partial charge in [0.25, 0.3) is 0 Å². The van der Waals surface area contributed by atoms with E-state index in [1.54, 1.807) is 18.5 Å². The molecule has 0 spiro atoms. The first-order valence-corrected chi connectivity index (χ1v) is 8.72. The van der Waals surface area contributed by atoms with Crippen molar-refractivity contribution in [1.29, 1.82) is 5.26 Å². The Morgan fingerprint density at radius 1 is 1.13 bits per heavy atom. The van der Waals surface area contributed by atoms with Gasteiger partial charge in [0.1, 0.15) is 0 Å². The van der Waals surface area contributed by atoms with Crippen LogP contribution in [0.5, 0.6) is 0 Å². The summed E-state index contributed by atoms with van der Waals surface area (Å²) in [7, 11) is -2.77. The Bertz CT molecular complexity index is 979. The number of anilines is 1. The predicted molar refractivity (Wildman–Crippen MR) is 92.1 cm³/mol. The fourth-order valence-corrected chi connectivity index (χ4v) is 4.17. The molecule has 0 aliphatic carbocycles. The molecule has 0 saturated carbocycles. The van der Waals surface area contributed by atoms with Crippen molar-refractivity contribution in [2.75, 3.05) is 4.72 Å². The molecule has 23 heavy (non-hydrogen) atoms. The molecular formula is C17H13N3O2S. The lowest BCUT2D eigenvalue weighted by Gasteiger charge is -2.26. The lowest BCUT2D eigenvalue weighted by molar-refractivity contribution is 0.496. The summed E-state index contributed by atoms with van der Waals surface area (Å²) in [5.41, 5.74) is 4.08. The van der Waals surface area contributed by atoms with Crippen LogP contribution in [0.15, 0.2) is 48.8 Å². The number of nitriles is 1. The van der Waals surface area contributed by atoms with Crippen LogP contribution in [-0.4, -0.2) is 14.1 Å². The van der Waals surface area contributed by atoms with Gasteiger partial charge in [-0.25, -0.2) is 0 Å². The van der Waals surface area contributed by atoms with E-state index in [9.17, 15) is 9.11 Å². The van der Waals surface area contributed by atoms with Gasteiger partial charge in [0, 0.05) is 23.3 Å². The van der Waals surface area contributed by atoms with E-state index in [1.165, 1.54) is 0 Å². The van der Waals surface area contributed by atoms with Gasteiger partial charge in [-0.1, -0.05) is 12.1 Å². The number of pyridine rings is 1. The summed E-state index contributed by atoms with van der Waals surface area (Å²) in [5, 5.41) is 11.0. The molecule has 6 heteroatoms. The molecule has 0 amide bonds. The number of aromatic nitrogens is 1. The van der Waals surface area contributed by atoms with E-state index in [-0.39, 0.29) is 5.75 Å². The van der Waals surface area contributed by atoms with Crippen LogP contribution >= 0.6 is 10.8 Å². The molecule has 3 aromatic rings. The summed E-state index contributed by atoms with van der Waals surface area (Å²) in [4.78, 5) is 4.27. The van der Waals surface area contributed by atoms with E-state index >= 15 is 0 Å². The first-order chi connectivity index (χ1) is 11.1. The first-order valence-electron chi connectivity index (χ1n) is 7.00. The zero-order valence-electron chi connectivity index (χ0n) is 12.0. The van der Waals surface area contributed by atoms with Crippen molar-refractivity contribution in [1.82, 2.24) is 4.98 Å². The second-order valence-corrected chi connectivity index (χ2v) is 7.35. The van der Waals surface area contributed by atoms with Crippen molar-refractivity contribution < 1.29 is 9.11 Å². The van der Waals surface area contributed by atoms with Crippen LogP contribution in [-0.2, 0) is 5.75 Å². The molecule has 1 aliphatic heterocycles. The third-order valence-electron chi connectivity index (χ3n) is 3.94. The highest BCUT2D eigenvalue weighted by atomic mass is 32.3. The molecule has 4 rings (SSSR count). The smallest absolute Gasteiger partial charge is 0.0991 e. The van der Waals surface area contributed by atoms with Crippen LogP contribution in [0.25, 0.3) is 21.9 Å². The monoisotopic (exact) mass is 323 g/mol. The van der Waals surface area contributed by atoms with Crippen molar-refractivity contribution in [3.05, 3.63) is 59.9 Å². The molecule has 0 unspecified atom stereocenters. The van der Waals surface area contributed by atoms with Gasteiger partial charge in [-0.05, 0) is 40.8 Å². The summed E-state index contributed by atoms with van der Waals surface area (Å²) >= 11 is 0. The van der Waals surface area contributed by atoms with E-state index in [0.29, 0.717) is 5.56 Å². The zero-order valence-corrected chi connectivity index (χ0v) is 12.8. The second kappa shape index (κ2) is 4.96. The maximum Gasteiger partial charge on any atom is 0.0991 e. The number of benzene rings is 2. The molecule has 0 saturated heterocycles. The van der Waals surface area contributed by atoms with E-state index < -0.39 is 10.8 Å². The number of fused-ring (bicyclic) bond motifs is 2. The van der Waals surface area contributed by atoms with E-state index in [1.807, 2.05) is 30.3 Å². The van der Waals surface area contributed by atoms with Crippen molar-refractivity contribution in [3.8, 4) is 17.2 Å². The van der Waals surface area contributed by atoms with Crippen molar-refractivity contribution in [2.45, 2.75) is 5.75 Å². The number of hydrogen-bond donors (Lipinski definition) is 3. The van der Waals surface area contributed by atoms with Gasteiger partial charge in [-0.3, -0.25) is 18.8 Å². The molecule has 0 radical (unpaired) electrons. The van der Waals surface area contributed by atoms with Gasteiger partial charge in [0.05, 0.1) is 23.1 Å². The molecule has 114 valence electrons. The SMILES string of the molecule is N#Cc1ccc2cncc(-c3ccc4c(c3)CS(O)(O)N4)c2c1. The highest BCUT2D eigenvalue weighted by Crippen LogP contribution is 2.51. The van der Waals surface area contributed by atoms with E-state index in [0.717, 1.165) is 33.2 Å². The maximum absolute atomic E-state index is 9.80. The predicted octanol–water partition coefficient (Wildman–Crippen LogP) is 4.36. The van der Waals surface area contributed by atoms with Crippen LogP contribution in [0.2, 0.25) is 0 Å². The second-order valence-electron chi connectivity index (χ2n) is 5.52. The average Bonchev–Trinajstić information content (AvgIpc) is 2.86. The Balaban J connectivity index is 1.89. The molecule has 5 nitrogen and oxygen atoms in total. The first kappa shape index (κ1) is 14.0. The minimum Gasteiger partial charge on any atom is -0.284 e. The molecule has 1 aliphatic rings. The third-order valence-corrected chi connectivity index (χ3v) is 5.20. The summed E-state index contributed by atoms with van der Waals surface area (Å²) in [6.07, 6.45) is 3.54. The van der Waals surface area contributed by atoms with Gasteiger partial charge in [0.2, 0.25) is 0 Å². The molecule has 0 atom stereocenters. The van der Waals surface area contributed by atoms with Gasteiger partial charge < -0.3 is 0 Å². The molecular weight excluding hydrogens is 310 g/mol. The van der Waals surface area contributed by atoms with E-state index in [2.05, 4.69) is 15.8 Å². The summed E-state index contributed by atoms with van der Waals surface area (Å²) in [6, 6.07) is 13.4. The van der Waals surface area contributed by atoms with Crippen LogP contribution < -0.4 is 4.72 Å². The van der Waals surface area contributed by atoms with Gasteiger partial charge >= 0.3 is 0 Å². The summed E-state index contributed by atoms with van der Waals surface area (Å²) in [5.74, 6) is 0.206. The number of nitrogens with zero attached hydrogens (tertiary/aromatic N) is 2. The Labute approximate surface area is 134 Å². The fraction of sp³-hybridized carbons (Fsp3) is 0.0588. The highest BCUT2D eigenvalue weighted by Gasteiger charge is 2.24. The van der Waals surface area contributed by atoms with Crippen LogP contribution in [0, 0.1) is 11.3 Å².